The van der Waals surface area contributed by atoms with Gasteiger partial charge in [0.1, 0.15) is 11.6 Å². The molecule has 2 aromatic carbocycles. The van der Waals surface area contributed by atoms with Crippen LogP contribution in [0.25, 0.3) is 0 Å². The number of halogens is 1. The lowest BCUT2D eigenvalue weighted by Crippen LogP contribution is -2.10. The van der Waals surface area contributed by atoms with Crippen molar-refractivity contribution in [2.75, 3.05) is 10.6 Å². The third-order valence-electron chi connectivity index (χ3n) is 3.03. The Kier molecular flexibility index (Phi) is 4.42. The Labute approximate surface area is 122 Å². The van der Waals surface area contributed by atoms with E-state index in [4.69, 9.17) is 0 Å². The van der Waals surface area contributed by atoms with E-state index in [0.717, 1.165) is 5.56 Å². The van der Waals surface area contributed by atoms with Gasteiger partial charge in [-0.1, -0.05) is 12.1 Å². The van der Waals surface area contributed by atoms with Gasteiger partial charge >= 0.3 is 0 Å². The average Bonchev–Trinajstić information content (AvgIpc) is 2.42. The van der Waals surface area contributed by atoms with Crippen molar-refractivity contribution in [1.29, 1.82) is 0 Å². The molecule has 0 radical (unpaired) electrons. The first kappa shape index (κ1) is 14.8. The van der Waals surface area contributed by atoms with Crippen LogP contribution in [0, 0.1) is 5.82 Å². The molecule has 2 aromatic rings. The highest BCUT2D eigenvalue weighted by atomic mass is 19.1. The van der Waals surface area contributed by atoms with E-state index in [9.17, 15) is 14.3 Å². The molecule has 1 amide bonds. The molecule has 0 bridgehead atoms. The van der Waals surface area contributed by atoms with Gasteiger partial charge in [0.2, 0.25) is 5.91 Å². The first-order chi connectivity index (χ1) is 9.95. The number of hydrogen-bond donors (Lipinski definition) is 3. The number of phenols is 1. The molecule has 0 heterocycles. The molecule has 21 heavy (non-hydrogen) atoms. The Hall–Kier alpha value is -2.56. The van der Waals surface area contributed by atoms with Crippen molar-refractivity contribution in [1.82, 2.24) is 0 Å². The summed E-state index contributed by atoms with van der Waals surface area (Å²) in [4.78, 5) is 11.0. The second kappa shape index (κ2) is 6.26. The summed E-state index contributed by atoms with van der Waals surface area (Å²) in [6.07, 6.45) is 0. The highest BCUT2D eigenvalue weighted by Crippen LogP contribution is 2.26. The molecule has 4 nitrogen and oxygen atoms in total. The zero-order valence-electron chi connectivity index (χ0n) is 11.9. The third-order valence-corrected chi connectivity index (χ3v) is 3.03. The van der Waals surface area contributed by atoms with E-state index in [1.165, 1.54) is 25.1 Å². The second-order valence-electron chi connectivity index (χ2n) is 4.84. The quantitative estimate of drug-likeness (QED) is 0.804. The van der Waals surface area contributed by atoms with Gasteiger partial charge in [0, 0.05) is 18.7 Å². The minimum absolute atomic E-state index is 0.161. The molecule has 5 heteroatoms. The van der Waals surface area contributed by atoms with Crippen LogP contribution in [0.5, 0.6) is 5.75 Å². The molecule has 1 unspecified atom stereocenters. The smallest absolute Gasteiger partial charge is 0.221 e. The van der Waals surface area contributed by atoms with Gasteiger partial charge in [-0.15, -0.1) is 0 Å². The maximum Gasteiger partial charge on any atom is 0.221 e. The number of carbonyl (C=O) groups excluding carboxylic acids is 1. The van der Waals surface area contributed by atoms with E-state index in [-0.39, 0.29) is 23.4 Å². The lowest BCUT2D eigenvalue weighted by Gasteiger charge is -2.17. The van der Waals surface area contributed by atoms with Gasteiger partial charge < -0.3 is 15.7 Å². The Morgan fingerprint density at radius 1 is 1.24 bits per heavy atom. The lowest BCUT2D eigenvalue weighted by atomic mass is 10.1. The standard InChI is InChI=1S/C16H17FN2O2/c1-10(12-4-3-5-14(21)8-12)18-16-9-13(19-11(2)20)6-7-15(16)17/h3-10,18,21H,1-2H3,(H,19,20). The summed E-state index contributed by atoms with van der Waals surface area (Å²) < 4.78 is 13.8. The van der Waals surface area contributed by atoms with E-state index in [0.29, 0.717) is 5.69 Å². The molecule has 1 atom stereocenters. The van der Waals surface area contributed by atoms with Crippen molar-refractivity contribution >= 4 is 17.3 Å². The normalized spacial score (nSPS) is 11.8. The van der Waals surface area contributed by atoms with Crippen LogP contribution >= 0.6 is 0 Å². The zero-order chi connectivity index (χ0) is 15.4. The summed E-state index contributed by atoms with van der Waals surface area (Å²) in [5.41, 5.74) is 1.64. The van der Waals surface area contributed by atoms with E-state index < -0.39 is 5.82 Å². The van der Waals surface area contributed by atoms with Crippen molar-refractivity contribution in [3.05, 3.63) is 53.8 Å². The van der Waals surface area contributed by atoms with Crippen LogP contribution in [0.15, 0.2) is 42.5 Å². The van der Waals surface area contributed by atoms with Gasteiger partial charge in [0.15, 0.2) is 0 Å². The molecule has 0 aliphatic carbocycles. The number of nitrogens with one attached hydrogen (secondary N) is 2. The Morgan fingerprint density at radius 3 is 2.67 bits per heavy atom. The second-order valence-corrected chi connectivity index (χ2v) is 4.84. The zero-order valence-corrected chi connectivity index (χ0v) is 11.9. The molecule has 0 fully saturated rings. The molecule has 2 rings (SSSR count). The first-order valence-corrected chi connectivity index (χ1v) is 6.58. The van der Waals surface area contributed by atoms with E-state index in [1.54, 1.807) is 18.2 Å². The number of aromatic hydroxyl groups is 1. The monoisotopic (exact) mass is 288 g/mol. The number of amides is 1. The van der Waals surface area contributed by atoms with Crippen molar-refractivity contribution in [3.8, 4) is 5.75 Å². The molecular formula is C16H17FN2O2. The van der Waals surface area contributed by atoms with Gasteiger partial charge in [0.05, 0.1) is 5.69 Å². The highest BCUT2D eigenvalue weighted by Gasteiger charge is 2.10. The van der Waals surface area contributed by atoms with E-state index in [2.05, 4.69) is 10.6 Å². The van der Waals surface area contributed by atoms with Crippen LogP contribution in [0.3, 0.4) is 0 Å². The summed E-state index contributed by atoms with van der Waals surface area (Å²) in [5, 5.41) is 15.1. The van der Waals surface area contributed by atoms with Crippen molar-refractivity contribution in [3.63, 3.8) is 0 Å². The molecule has 3 N–H and O–H groups in total. The molecule has 0 spiro atoms. The maximum atomic E-state index is 13.8. The lowest BCUT2D eigenvalue weighted by molar-refractivity contribution is -0.114. The molecule has 0 saturated carbocycles. The van der Waals surface area contributed by atoms with Crippen molar-refractivity contribution < 1.29 is 14.3 Å². The summed E-state index contributed by atoms with van der Waals surface area (Å²) >= 11 is 0. The minimum atomic E-state index is -0.406. The van der Waals surface area contributed by atoms with E-state index >= 15 is 0 Å². The predicted molar refractivity (Wildman–Crippen MR) is 80.8 cm³/mol. The average molecular weight is 288 g/mol. The third kappa shape index (κ3) is 3.95. The molecule has 0 saturated heterocycles. The minimum Gasteiger partial charge on any atom is -0.508 e. The first-order valence-electron chi connectivity index (χ1n) is 6.58. The number of rotatable bonds is 4. The van der Waals surface area contributed by atoms with Crippen LogP contribution in [0.2, 0.25) is 0 Å². The topological polar surface area (TPSA) is 61.4 Å². The fraction of sp³-hybridized carbons (Fsp3) is 0.188. The molecule has 0 aliphatic heterocycles. The number of hydrogen-bond acceptors (Lipinski definition) is 3. The van der Waals surface area contributed by atoms with Crippen LogP contribution in [0.1, 0.15) is 25.5 Å². The number of benzene rings is 2. The van der Waals surface area contributed by atoms with Gasteiger partial charge in [-0.05, 0) is 42.8 Å². The largest absolute Gasteiger partial charge is 0.508 e. The van der Waals surface area contributed by atoms with Crippen LogP contribution in [-0.4, -0.2) is 11.0 Å². The fourth-order valence-electron chi connectivity index (χ4n) is 2.03. The van der Waals surface area contributed by atoms with E-state index in [1.807, 2.05) is 13.0 Å². The molecule has 0 aliphatic rings. The van der Waals surface area contributed by atoms with Crippen LogP contribution < -0.4 is 10.6 Å². The number of carbonyl (C=O) groups is 1. The van der Waals surface area contributed by atoms with Crippen molar-refractivity contribution in [2.45, 2.75) is 19.9 Å². The Morgan fingerprint density at radius 2 is 2.00 bits per heavy atom. The Balaban J connectivity index is 2.20. The number of phenolic OH excluding ortho intramolecular Hbond substituents is 1. The fourth-order valence-corrected chi connectivity index (χ4v) is 2.03. The summed E-state index contributed by atoms with van der Waals surface area (Å²) in [6, 6.07) is 10.9. The predicted octanol–water partition coefficient (Wildman–Crippen LogP) is 3.66. The maximum absolute atomic E-state index is 13.8. The van der Waals surface area contributed by atoms with Crippen LogP contribution in [-0.2, 0) is 4.79 Å². The van der Waals surface area contributed by atoms with Gasteiger partial charge in [-0.2, -0.15) is 0 Å². The number of anilines is 2. The van der Waals surface area contributed by atoms with Gasteiger partial charge in [-0.25, -0.2) is 4.39 Å². The van der Waals surface area contributed by atoms with Gasteiger partial charge in [0.25, 0.3) is 0 Å². The van der Waals surface area contributed by atoms with Crippen LogP contribution in [0.4, 0.5) is 15.8 Å². The van der Waals surface area contributed by atoms with Crippen molar-refractivity contribution in [2.24, 2.45) is 0 Å². The summed E-state index contributed by atoms with van der Waals surface area (Å²) in [6.45, 7) is 3.26. The molecule has 0 aromatic heterocycles. The Bertz CT molecular complexity index is 658. The molecular weight excluding hydrogens is 271 g/mol. The summed E-state index contributed by atoms with van der Waals surface area (Å²) in [7, 11) is 0. The molecule has 110 valence electrons. The SMILES string of the molecule is CC(=O)Nc1ccc(F)c(NC(C)c2cccc(O)c2)c1. The van der Waals surface area contributed by atoms with Gasteiger partial charge in [-0.3, -0.25) is 4.79 Å². The highest BCUT2D eigenvalue weighted by molar-refractivity contribution is 5.89. The summed E-state index contributed by atoms with van der Waals surface area (Å²) in [5.74, 6) is -0.460.